The molecule has 0 unspecified atom stereocenters. The van der Waals surface area contributed by atoms with E-state index in [4.69, 9.17) is 0 Å². The smallest absolute Gasteiger partial charge is 0.298 e. The van der Waals surface area contributed by atoms with Gasteiger partial charge in [-0.3, -0.25) is 4.48 Å². The van der Waals surface area contributed by atoms with E-state index in [0.717, 1.165) is 5.69 Å². The average molecular weight is 215 g/mol. The molecular weight excluding hydrogens is 202 g/mol. The Balaban J connectivity index is 3.29. The molecule has 0 amide bonds. The van der Waals surface area contributed by atoms with Gasteiger partial charge in [-0.2, -0.15) is 8.42 Å². The summed E-state index contributed by atoms with van der Waals surface area (Å²) in [6, 6.07) is 6.07. The lowest BCUT2D eigenvalue weighted by Gasteiger charge is -2.23. The monoisotopic (exact) mass is 215 g/mol. The Bertz CT molecular complexity index is 432. The summed E-state index contributed by atoms with van der Waals surface area (Å²) in [6.07, 6.45) is 0. The summed E-state index contributed by atoms with van der Waals surface area (Å²) in [7, 11) is 1.35. The van der Waals surface area contributed by atoms with Gasteiger partial charge in [0.25, 0.3) is 0 Å². The van der Waals surface area contributed by atoms with Crippen molar-refractivity contribution in [3.63, 3.8) is 0 Å². The molecular formula is C9H13NO3S+. The first kappa shape index (κ1) is 11.2. The lowest BCUT2D eigenvalue weighted by molar-refractivity contribution is 0.414. The molecule has 0 aliphatic rings. The Labute approximate surface area is 84.1 Å². The highest BCUT2D eigenvalue weighted by molar-refractivity contribution is 7.85. The van der Waals surface area contributed by atoms with Gasteiger partial charge >= 0.3 is 10.1 Å². The molecule has 1 radical (unpaired) electrons. The summed E-state index contributed by atoms with van der Waals surface area (Å²) in [4.78, 5) is -0.178. The van der Waals surface area contributed by atoms with Gasteiger partial charge in [0, 0.05) is 6.07 Å². The molecule has 77 valence electrons. The maximum absolute atomic E-state index is 10.7. The molecule has 0 spiro atoms. The van der Waals surface area contributed by atoms with Crippen LogP contribution in [0.3, 0.4) is 0 Å². The molecule has 0 aliphatic carbocycles. The van der Waals surface area contributed by atoms with Crippen molar-refractivity contribution >= 4 is 15.8 Å². The Kier molecular flexibility index (Phi) is 2.67. The Morgan fingerprint density at radius 1 is 1.14 bits per heavy atom. The van der Waals surface area contributed by atoms with Crippen LogP contribution in [0.25, 0.3) is 0 Å². The van der Waals surface area contributed by atoms with Crippen LogP contribution >= 0.6 is 0 Å². The van der Waals surface area contributed by atoms with Crippen LogP contribution in [0.4, 0.5) is 5.69 Å². The minimum atomic E-state index is -4.35. The molecule has 0 aliphatic heterocycles. The third kappa shape index (κ3) is 2.54. The van der Waals surface area contributed by atoms with Crippen LogP contribution < -0.4 is 4.48 Å². The number of benzene rings is 1. The van der Waals surface area contributed by atoms with E-state index < -0.39 is 10.1 Å². The topological polar surface area (TPSA) is 54.0 Å². The minimum absolute atomic E-state index is 0.178. The minimum Gasteiger partial charge on any atom is -0.298 e. The largest absolute Gasteiger partial charge is 0.324 e. The van der Waals surface area contributed by atoms with E-state index in [0.29, 0.717) is 4.48 Å². The van der Waals surface area contributed by atoms with Gasteiger partial charge < -0.3 is 0 Å². The first-order valence-electron chi connectivity index (χ1n) is 4.09. The zero-order chi connectivity index (χ0) is 11.0. The first-order valence-corrected chi connectivity index (χ1v) is 5.50. The Hall–Kier alpha value is -0.910. The molecule has 1 aromatic rings. The van der Waals surface area contributed by atoms with Crippen LogP contribution in [0.15, 0.2) is 29.2 Å². The number of quaternary nitrogens is 1. The van der Waals surface area contributed by atoms with Crippen molar-refractivity contribution < 1.29 is 13.0 Å². The predicted molar refractivity (Wildman–Crippen MR) is 53.9 cm³/mol. The molecule has 0 fully saturated rings. The van der Waals surface area contributed by atoms with Gasteiger partial charge in [0.1, 0.15) is 10.6 Å². The normalized spacial score (nSPS) is 12.9. The van der Waals surface area contributed by atoms with Gasteiger partial charge in [0.05, 0.1) is 21.1 Å². The zero-order valence-electron chi connectivity index (χ0n) is 8.39. The second-order valence-corrected chi connectivity index (χ2v) is 5.34. The quantitative estimate of drug-likeness (QED) is 0.691. The fourth-order valence-corrected chi connectivity index (χ4v) is 1.57. The van der Waals surface area contributed by atoms with Crippen molar-refractivity contribution in [2.75, 3.05) is 21.1 Å². The lowest BCUT2D eigenvalue weighted by atomic mass is 10.3. The van der Waals surface area contributed by atoms with Gasteiger partial charge in [-0.05, 0) is 12.1 Å². The van der Waals surface area contributed by atoms with Crippen LogP contribution in [-0.2, 0) is 14.7 Å². The second-order valence-electron chi connectivity index (χ2n) is 3.96. The highest BCUT2D eigenvalue weighted by Crippen LogP contribution is 2.20. The van der Waals surface area contributed by atoms with Crippen molar-refractivity contribution in [1.82, 2.24) is 4.48 Å². The molecule has 0 heterocycles. The molecule has 0 saturated carbocycles. The SMILES string of the molecule is C[N+](C)(C)c1cccc(S([O])(=O)=O)c1. The first-order chi connectivity index (χ1) is 6.21. The van der Waals surface area contributed by atoms with Crippen molar-refractivity contribution in [2.45, 2.75) is 4.90 Å². The van der Waals surface area contributed by atoms with Gasteiger partial charge in [-0.15, -0.1) is 0 Å². The summed E-state index contributed by atoms with van der Waals surface area (Å²) in [5.74, 6) is 0. The van der Waals surface area contributed by atoms with Crippen molar-refractivity contribution in [1.29, 1.82) is 0 Å². The molecule has 1 rings (SSSR count). The molecule has 0 N–H and O–H groups in total. The van der Waals surface area contributed by atoms with E-state index in [-0.39, 0.29) is 4.90 Å². The molecule has 4 nitrogen and oxygen atoms in total. The van der Waals surface area contributed by atoms with Gasteiger partial charge in [-0.1, -0.05) is 10.6 Å². The predicted octanol–water partition coefficient (Wildman–Crippen LogP) is 1.00. The Morgan fingerprint density at radius 3 is 2.14 bits per heavy atom. The summed E-state index contributed by atoms with van der Waals surface area (Å²) < 4.78 is 32.7. The highest BCUT2D eigenvalue weighted by atomic mass is 32.2. The van der Waals surface area contributed by atoms with Gasteiger partial charge in [0.2, 0.25) is 0 Å². The Morgan fingerprint density at radius 2 is 1.71 bits per heavy atom. The summed E-state index contributed by atoms with van der Waals surface area (Å²) in [5, 5.41) is 0. The number of rotatable bonds is 2. The maximum Gasteiger partial charge on any atom is 0.324 e. The highest BCUT2D eigenvalue weighted by Gasteiger charge is 2.17. The van der Waals surface area contributed by atoms with Crippen LogP contribution in [0.2, 0.25) is 0 Å². The summed E-state index contributed by atoms with van der Waals surface area (Å²) in [5.41, 5.74) is 0.780. The molecule has 14 heavy (non-hydrogen) atoms. The third-order valence-corrected chi connectivity index (χ3v) is 2.71. The van der Waals surface area contributed by atoms with E-state index >= 15 is 0 Å². The number of hydrogen-bond acceptors (Lipinski definition) is 2. The third-order valence-electron chi connectivity index (χ3n) is 1.88. The van der Waals surface area contributed by atoms with E-state index in [1.165, 1.54) is 12.1 Å². The van der Waals surface area contributed by atoms with Crippen molar-refractivity contribution in [3.8, 4) is 0 Å². The maximum atomic E-state index is 10.7. The lowest BCUT2D eigenvalue weighted by Crippen LogP contribution is -2.34. The summed E-state index contributed by atoms with van der Waals surface area (Å²) >= 11 is 0. The number of hydrogen-bond donors (Lipinski definition) is 0. The van der Waals surface area contributed by atoms with Crippen LogP contribution in [-0.4, -0.2) is 29.6 Å². The fraction of sp³-hybridized carbons (Fsp3) is 0.333. The van der Waals surface area contributed by atoms with E-state index in [1.807, 2.05) is 21.1 Å². The van der Waals surface area contributed by atoms with E-state index in [1.54, 1.807) is 12.1 Å². The molecule has 0 aromatic heterocycles. The van der Waals surface area contributed by atoms with Gasteiger partial charge in [-0.25, -0.2) is 0 Å². The van der Waals surface area contributed by atoms with Crippen molar-refractivity contribution in [2.24, 2.45) is 0 Å². The zero-order valence-corrected chi connectivity index (χ0v) is 9.21. The summed E-state index contributed by atoms with van der Waals surface area (Å²) in [6.45, 7) is 0. The van der Waals surface area contributed by atoms with E-state index in [9.17, 15) is 13.0 Å². The van der Waals surface area contributed by atoms with Gasteiger partial charge in [0.15, 0.2) is 0 Å². The van der Waals surface area contributed by atoms with Crippen LogP contribution in [0.5, 0.6) is 0 Å². The van der Waals surface area contributed by atoms with Crippen molar-refractivity contribution in [3.05, 3.63) is 24.3 Å². The molecule has 5 heteroatoms. The van der Waals surface area contributed by atoms with Crippen LogP contribution in [0.1, 0.15) is 0 Å². The average Bonchev–Trinajstić information content (AvgIpc) is 2.01. The fourth-order valence-electron chi connectivity index (χ4n) is 1.06. The molecule has 0 saturated heterocycles. The molecule has 0 atom stereocenters. The van der Waals surface area contributed by atoms with E-state index in [2.05, 4.69) is 0 Å². The van der Waals surface area contributed by atoms with Crippen LogP contribution in [0, 0.1) is 0 Å². The molecule has 1 aromatic carbocycles. The second kappa shape index (κ2) is 3.34. The number of nitrogens with zero attached hydrogens (tertiary/aromatic N) is 1. The standard InChI is InChI=1S/C9H13NO3S/c1-10(2,3)8-5-4-6-9(7-8)14(11,12)13/h4-7H,1-3H3/q+1. The molecule has 0 bridgehead atoms.